The van der Waals surface area contributed by atoms with Crippen LogP contribution in [0.25, 0.3) is 0 Å². The Balaban J connectivity index is 1.30. The van der Waals surface area contributed by atoms with Crippen molar-refractivity contribution in [3.05, 3.63) is 29.3 Å². The minimum absolute atomic E-state index is 0.0585. The van der Waals surface area contributed by atoms with Crippen LogP contribution >= 0.6 is 0 Å². The highest BCUT2D eigenvalue weighted by molar-refractivity contribution is 5.97. The number of piperidine rings is 2. The van der Waals surface area contributed by atoms with Crippen molar-refractivity contribution in [2.45, 2.75) is 51.7 Å². The number of aryl methyl sites for hydroxylation is 1. The van der Waals surface area contributed by atoms with Gasteiger partial charge in [0.2, 0.25) is 0 Å². The van der Waals surface area contributed by atoms with Crippen molar-refractivity contribution >= 4 is 5.91 Å². The summed E-state index contributed by atoms with van der Waals surface area (Å²) in [4.78, 5) is 17.1. The Hall–Kier alpha value is -1.63. The number of rotatable bonds is 3. The molecule has 0 aliphatic carbocycles. The van der Waals surface area contributed by atoms with Crippen LogP contribution in [0.15, 0.2) is 18.2 Å². The predicted molar refractivity (Wildman–Crippen MR) is 111 cm³/mol. The maximum Gasteiger partial charge on any atom is 0.257 e. The van der Waals surface area contributed by atoms with Crippen LogP contribution in [0, 0.1) is 18.3 Å². The number of likely N-dealkylation sites (tertiary alicyclic amines) is 2. The SMILES string of the molecule is Cc1ccc(O)c(C(=O)N2CCC3(CC2)CO[C@H](CN2CC[C@@H](C)[C@H](O)C2)C3)c1. The molecule has 0 bridgehead atoms. The number of benzene rings is 1. The molecule has 4 rings (SSSR count). The first kappa shape index (κ1) is 20.6. The third-order valence-corrected chi connectivity index (χ3v) is 7.24. The van der Waals surface area contributed by atoms with E-state index in [0.717, 1.165) is 57.5 Å². The maximum atomic E-state index is 12.9. The first-order chi connectivity index (χ1) is 13.8. The fourth-order valence-corrected chi connectivity index (χ4v) is 5.11. The summed E-state index contributed by atoms with van der Waals surface area (Å²) in [7, 11) is 0. The van der Waals surface area contributed by atoms with E-state index >= 15 is 0 Å². The van der Waals surface area contributed by atoms with E-state index < -0.39 is 0 Å². The number of carbonyl (C=O) groups is 1. The van der Waals surface area contributed by atoms with E-state index in [0.29, 0.717) is 24.6 Å². The Labute approximate surface area is 173 Å². The first-order valence-electron chi connectivity index (χ1n) is 11.0. The molecule has 0 radical (unpaired) electrons. The molecule has 2 N–H and O–H groups in total. The molecule has 1 amide bonds. The van der Waals surface area contributed by atoms with Crippen molar-refractivity contribution in [3.63, 3.8) is 0 Å². The number of amides is 1. The summed E-state index contributed by atoms with van der Waals surface area (Å²) in [5.41, 5.74) is 1.54. The number of carbonyl (C=O) groups excluding carboxylic acids is 1. The minimum atomic E-state index is -0.230. The summed E-state index contributed by atoms with van der Waals surface area (Å²) < 4.78 is 6.16. The number of aromatic hydroxyl groups is 1. The Bertz CT molecular complexity index is 744. The Morgan fingerprint density at radius 2 is 2.03 bits per heavy atom. The zero-order valence-electron chi connectivity index (χ0n) is 17.6. The van der Waals surface area contributed by atoms with E-state index in [1.165, 1.54) is 0 Å². The van der Waals surface area contributed by atoms with Gasteiger partial charge in [0.1, 0.15) is 5.75 Å². The zero-order valence-corrected chi connectivity index (χ0v) is 17.6. The molecule has 3 saturated heterocycles. The second kappa shape index (κ2) is 8.25. The number of aliphatic hydroxyl groups is 1. The van der Waals surface area contributed by atoms with Crippen molar-refractivity contribution in [2.75, 3.05) is 39.3 Å². The lowest BCUT2D eigenvalue weighted by molar-refractivity contribution is 0.000904. The molecule has 1 aromatic carbocycles. The van der Waals surface area contributed by atoms with Crippen LogP contribution in [-0.2, 0) is 4.74 Å². The normalized spacial score (nSPS) is 30.0. The Morgan fingerprint density at radius 3 is 2.76 bits per heavy atom. The monoisotopic (exact) mass is 402 g/mol. The highest BCUT2D eigenvalue weighted by atomic mass is 16.5. The molecule has 0 aromatic heterocycles. The number of hydrogen-bond acceptors (Lipinski definition) is 5. The first-order valence-corrected chi connectivity index (χ1v) is 11.0. The standard InChI is InChI=1S/C23H34N2O4/c1-16-3-4-20(26)19(11-16)22(28)25-9-6-23(7-10-25)12-18(29-15-23)13-24-8-5-17(2)21(27)14-24/h3-4,11,17-18,21,26-27H,5-10,12-15H2,1-2H3/t17-,18+,21-/m1/s1. The van der Waals surface area contributed by atoms with Crippen LogP contribution in [0.4, 0.5) is 0 Å². The molecule has 6 nitrogen and oxygen atoms in total. The van der Waals surface area contributed by atoms with E-state index in [4.69, 9.17) is 4.74 Å². The molecule has 1 spiro atoms. The van der Waals surface area contributed by atoms with Crippen molar-refractivity contribution in [3.8, 4) is 5.75 Å². The molecule has 1 aromatic rings. The van der Waals surface area contributed by atoms with E-state index in [2.05, 4.69) is 11.8 Å². The molecule has 0 unspecified atom stereocenters. The number of β-amino-alcohol motifs (C(OH)–C–C–N with tert-alkyl or cyclic N) is 1. The number of phenolic OH excluding ortho intramolecular Hbond substituents is 1. The van der Waals surface area contributed by atoms with Crippen molar-refractivity contribution in [1.82, 2.24) is 9.80 Å². The summed E-state index contributed by atoms with van der Waals surface area (Å²) in [5.74, 6) is 0.368. The molecule has 29 heavy (non-hydrogen) atoms. The van der Waals surface area contributed by atoms with E-state index in [-0.39, 0.29) is 29.3 Å². The van der Waals surface area contributed by atoms with Gasteiger partial charge in [0, 0.05) is 26.2 Å². The third-order valence-electron chi connectivity index (χ3n) is 7.24. The van der Waals surface area contributed by atoms with Crippen molar-refractivity contribution in [1.29, 1.82) is 0 Å². The highest BCUT2D eigenvalue weighted by Gasteiger charge is 2.44. The average Bonchev–Trinajstić information content (AvgIpc) is 3.09. The van der Waals surface area contributed by atoms with Gasteiger partial charge in [-0.25, -0.2) is 0 Å². The van der Waals surface area contributed by atoms with Gasteiger partial charge < -0.3 is 19.8 Å². The predicted octanol–water partition coefficient (Wildman–Crippen LogP) is 2.41. The fourth-order valence-electron chi connectivity index (χ4n) is 5.11. The van der Waals surface area contributed by atoms with Crippen LogP contribution in [0.3, 0.4) is 0 Å². The van der Waals surface area contributed by atoms with Crippen LogP contribution in [0.2, 0.25) is 0 Å². The molecular formula is C23H34N2O4. The number of hydrogen-bond donors (Lipinski definition) is 2. The minimum Gasteiger partial charge on any atom is -0.507 e. The van der Waals surface area contributed by atoms with Crippen LogP contribution in [0.1, 0.15) is 48.5 Å². The van der Waals surface area contributed by atoms with Gasteiger partial charge in [-0.15, -0.1) is 0 Å². The van der Waals surface area contributed by atoms with Crippen molar-refractivity contribution in [2.24, 2.45) is 11.3 Å². The maximum absolute atomic E-state index is 12.9. The molecule has 3 aliphatic rings. The van der Waals surface area contributed by atoms with Gasteiger partial charge in [0.15, 0.2) is 0 Å². The van der Waals surface area contributed by atoms with Crippen molar-refractivity contribution < 1.29 is 19.7 Å². The molecule has 160 valence electrons. The van der Waals surface area contributed by atoms with E-state index in [9.17, 15) is 15.0 Å². The molecule has 3 aliphatic heterocycles. The topological polar surface area (TPSA) is 73.2 Å². The zero-order chi connectivity index (χ0) is 20.6. The number of phenols is 1. The van der Waals surface area contributed by atoms with Gasteiger partial charge in [-0.1, -0.05) is 18.6 Å². The Morgan fingerprint density at radius 1 is 1.28 bits per heavy atom. The molecule has 3 fully saturated rings. The van der Waals surface area contributed by atoms with E-state index in [1.54, 1.807) is 12.1 Å². The lowest BCUT2D eigenvalue weighted by Gasteiger charge is -2.39. The van der Waals surface area contributed by atoms with E-state index in [1.807, 2.05) is 17.9 Å². The molecule has 3 atom stereocenters. The second-order valence-corrected chi connectivity index (χ2v) is 9.54. The molecule has 6 heteroatoms. The lowest BCUT2D eigenvalue weighted by Crippen LogP contribution is -2.46. The van der Waals surface area contributed by atoms with Gasteiger partial charge in [0.25, 0.3) is 5.91 Å². The summed E-state index contributed by atoms with van der Waals surface area (Å²) in [5, 5.41) is 20.2. The van der Waals surface area contributed by atoms with Crippen LogP contribution in [0.5, 0.6) is 5.75 Å². The fraction of sp³-hybridized carbons (Fsp3) is 0.696. The van der Waals surface area contributed by atoms with Gasteiger partial charge in [0.05, 0.1) is 24.4 Å². The second-order valence-electron chi connectivity index (χ2n) is 9.54. The Kier molecular flexibility index (Phi) is 5.87. The third kappa shape index (κ3) is 4.44. The number of aliphatic hydroxyl groups excluding tert-OH is 1. The van der Waals surface area contributed by atoms with Crippen LogP contribution < -0.4 is 0 Å². The number of nitrogens with zero attached hydrogens (tertiary/aromatic N) is 2. The lowest BCUT2D eigenvalue weighted by atomic mass is 9.76. The molecule has 0 saturated carbocycles. The summed E-state index contributed by atoms with van der Waals surface area (Å²) in [6.07, 6.45) is 3.96. The van der Waals surface area contributed by atoms with Gasteiger partial charge in [-0.2, -0.15) is 0 Å². The summed E-state index contributed by atoms with van der Waals surface area (Å²) in [6, 6.07) is 5.18. The summed E-state index contributed by atoms with van der Waals surface area (Å²) in [6.45, 7) is 8.91. The quantitative estimate of drug-likeness (QED) is 0.812. The molecule has 3 heterocycles. The largest absolute Gasteiger partial charge is 0.507 e. The smallest absolute Gasteiger partial charge is 0.257 e. The van der Waals surface area contributed by atoms with Gasteiger partial charge >= 0.3 is 0 Å². The molecular weight excluding hydrogens is 368 g/mol. The number of ether oxygens (including phenoxy) is 1. The van der Waals surface area contributed by atoms with Gasteiger partial charge in [-0.3, -0.25) is 9.69 Å². The van der Waals surface area contributed by atoms with Gasteiger partial charge in [-0.05, 0) is 62.6 Å². The highest BCUT2D eigenvalue weighted by Crippen LogP contribution is 2.42. The van der Waals surface area contributed by atoms with Crippen LogP contribution in [-0.4, -0.2) is 77.5 Å². The average molecular weight is 403 g/mol. The summed E-state index contributed by atoms with van der Waals surface area (Å²) >= 11 is 0.